The smallest absolute Gasteiger partial charge is 0.285 e. The number of nitro groups is 1. The maximum atomic E-state index is 13.3. The fourth-order valence-corrected chi connectivity index (χ4v) is 2.17. The van der Waals surface area contributed by atoms with Gasteiger partial charge in [0.2, 0.25) is 0 Å². The van der Waals surface area contributed by atoms with Crippen molar-refractivity contribution in [2.24, 2.45) is 0 Å². The summed E-state index contributed by atoms with van der Waals surface area (Å²) < 4.78 is 13.3. The third-order valence-corrected chi connectivity index (χ3v) is 3.19. The number of nitro benzene ring substituents is 1. The van der Waals surface area contributed by atoms with Crippen LogP contribution in [0, 0.1) is 15.9 Å². The van der Waals surface area contributed by atoms with Crippen molar-refractivity contribution in [2.75, 3.05) is 18.8 Å². The van der Waals surface area contributed by atoms with Crippen LogP contribution in [0.3, 0.4) is 0 Å². The topological polar surface area (TPSA) is 89.5 Å². The van der Waals surface area contributed by atoms with Gasteiger partial charge in [0, 0.05) is 13.1 Å². The zero-order valence-corrected chi connectivity index (χ0v) is 10.3. The number of benzene rings is 1. The molecule has 0 spiro atoms. The second-order valence-corrected chi connectivity index (χ2v) is 4.50. The van der Waals surface area contributed by atoms with E-state index in [1.807, 2.05) is 0 Å². The largest absolute Gasteiger partial charge is 0.396 e. The summed E-state index contributed by atoms with van der Waals surface area (Å²) in [5.41, 5.74) is 4.44. The molecule has 0 radical (unpaired) electrons. The van der Waals surface area contributed by atoms with E-state index < -0.39 is 22.3 Å². The molecule has 1 amide bonds. The summed E-state index contributed by atoms with van der Waals surface area (Å²) in [4.78, 5) is 23.9. The van der Waals surface area contributed by atoms with Gasteiger partial charge in [-0.1, -0.05) is 0 Å². The Labute approximate surface area is 109 Å². The Balaban J connectivity index is 2.39. The van der Waals surface area contributed by atoms with Gasteiger partial charge >= 0.3 is 0 Å². The zero-order chi connectivity index (χ0) is 14.0. The molecule has 2 rings (SSSR count). The maximum Gasteiger partial charge on any atom is 0.285 e. The minimum absolute atomic E-state index is 0.147. The Bertz CT molecular complexity index is 527. The fraction of sp³-hybridized carbons (Fsp3) is 0.417. The van der Waals surface area contributed by atoms with Gasteiger partial charge in [0.05, 0.1) is 16.7 Å². The number of rotatable bonds is 2. The molecule has 1 heterocycles. The Hall–Kier alpha value is -2.18. The van der Waals surface area contributed by atoms with E-state index in [1.165, 1.54) is 0 Å². The van der Waals surface area contributed by atoms with Gasteiger partial charge in [-0.15, -0.1) is 0 Å². The highest BCUT2D eigenvalue weighted by molar-refractivity contribution is 5.99. The average Bonchev–Trinajstić information content (AvgIpc) is 2.41. The minimum Gasteiger partial charge on any atom is -0.396 e. The monoisotopic (exact) mass is 267 g/mol. The van der Waals surface area contributed by atoms with Gasteiger partial charge in [0.1, 0.15) is 5.56 Å². The lowest BCUT2D eigenvalue weighted by atomic mass is 10.1. The first kappa shape index (κ1) is 13.3. The molecule has 7 heteroatoms. The molecule has 102 valence electrons. The van der Waals surface area contributed by atoms with Gasteiger partial charge in [0.25, 0.3) is 11.6 Å². The molecule has 2 N–H and O–H groups in total. The molecule has 0 saturated carbocycles. The molecule has 1 aromatic rings. The number of piperidine rings is 1. The van der Waals surface area contributed by atoms with E-state index in [0.717, 1.165) is 25.3 Å². The minimum atomic E-state index is -0.887. The van der Waals surface area contributed by atoms with Crippen molar-refractivity contribution in [3.8, 4) is 0 Å². The number of nitrogens with two attached hydrogens (primary N) is 1. The van der Waals surface area contributed by atoms with Crippen LogP contribution in [0.25, 0.3) is 0 Å². The molecule has 6 nitrogen and oxygen atoms in total. The molecule has 1 saturated heterocycles. The van der Waals surface area contributed by atoms with Gasteiger partial charge in [-0.2, -0.15) is 0 Å². The van der Waals surface area contributed by atoms with Crippen LogP contribution in [0.15, 0.2) is 12.1 Å². The van der Waals surface area contributed by atoms with Crippen LogP contribution >= 0.6 is 0 Å². The molecule has 1 aliphatic rings. The highest BCUT2D eigenvalue weighted by atomic mass is 19.1. The van der Waals surface area contributed by atoms with Crippen LogP contribution in [-0.4, -0.2) is 28.8 Å². The van der Waals surface area contributed by atoms with Crippen molar-refractivity contribution >= 4 is 17.3 Å². The molecule has 1 fully saturated rings. The molecule has 1 aliphatic heterocycles. The summed E-state index contributed by atoms with van der Waals surface area (Å²) in [6.45, 7) is 1.13. The molecule has 1 aromatic carbocycles. The lowest BCUT2D eigenvalue weighted by Gasteiger charge is -2.26. The number of carbonyl (C=O) groups is 1. The third kappa shape index (κ3) is 2.64. The van der Waals surface area contributed by atoms with Gasteiger partial charge < -0.3 is 10.6 Å². The van der Waals surface area contributed by atoms with E-state index in [1.54, 1.807) is 4.90 Å². The first-order valence-corrected chi connectivity index (χ1v) is 6.03. The van der Waals surface area contributed by atoms with Crippen LogP contribution in [0.1, 0.15) is 29.6 Å². The van der Waals surface area contributed by atoms with Crippen LogP contribution in [0.5, 0.6) is 0 Å². The first-order valence-electron chi connectivity index (χ1n) is 6.03. The summed E-state index contributed by atoms with van der Waals surface area (Å²) in [6, 6.07) is 1.75. The predicted molar refractivity (Wildman–Crippen MR) is 67.2 cm³/mol. The van der Waals surface area contributed by atoms with Crippen molar-refractivity contribution < 1.29 is 14.1 Å². The second kappa shape index (κ2) is 5.21. The summed E-state index contributed by atoms with van der Waals surface area (Å²) in [5, 5.41) is 10.9. The van der Waals surface area contributed by atoms with Crippen molar-refractivity contribution in [2.45, 2.75) is 19.3 Å². The highest BCUT2D eigenvalue weighted by Crippen LogP contribution is 2.26. The van der Waals surface area contributed by atoms with E-state index >= 15 is 0 Å². The number of carbonyl (C=O) groups excluding carboxylic acids is 1. The summed E-state index contributed by atoms with van der Waals surface area (Å²) in [7, 11) is 0. The number of hydrogen-bond donors (Lipinski definition) is 1. The lowest BCUT2D eigenvalue weighted by molar-refractivity contribution is -0.385. The first-order chi connectivity index (χ1) is 9.00. The highest BCUT2D eigenvalue weighted by Gasteiger charge is 2.27. The number of amides is 1. The molecule has 19 heavy (non-hydrogen) atoms. The van der Waals surface area contributed by atoms with Crippen molar-refractivity contribution in [3.05, 3.63) is 33.6 Å². The maximum absolute atomic E-state index is 13.3. The van der Waals surface area contributed by atoms with Gasteiger partial charge in [-0.3, -0.25) is 14.9 Å². The number of halogens is 1. The Morgan fingerprint density at radius 2 is 1.95 bits per heavy atom. The predicted octanol–water partition coefficient (Wildman–Crippen LogP) is 1.94. The molecule has 0 unspecified atom stereocenters. The number of hydrogen-bond acceptors (Lipinski definition) is 4. The van der Waals surface area contributed by atoms with Crippen LogP contribution < -0.4 is 5.73 Å². The average molecular weight is 267 g/mol. The second-order valence-electron chi connectivity index (χ2n) is 4.50. The van der Waals surface area contributed by atoms with Gasteiger partial charge in [-0.05, 0) is 25.3 Å². The number of anilines is 1. The number of nitrogens with zero attached hydrogens (tertiary/aromatic N) is 2. The Kier molecular flexibility index (Phi) is 3.64. The fourth-order valence-electron chi connectivity index (χ4n) is 2.17. The Morgan fingerprint density at radius 1 is 1.32 bits per heavy atom. The van der Waals surface area contributed by atoms with Crippen molar-refractivity contribution in [3.63, 3.8) is 0 Å². The zero-order valence-electron chi connectivity index (χ0n) is 10.3. The molecule has 0 aliphatic carbocycles. The lowest BCUT2D eigenvalue weighted by Crippen LogP contribution is -2.36. The quantitative estimate of drug-likeness (QED) is 0.503. The third-order valence-electron chi connectivity index (χ3n) is 3.19. The number of nitrogen functional groups attached to an aromatic ring is 1. The van der Waals surface area contributed by atoms with E-state index in [9.17, 15) is 19.3 Å². The van der Waals surface area contributed by atoms with Crippen molar-refractivity contribution in [1.29, 1.82) is 0 Å². The Morgan fingerprint density at radius 3 is 2.53 bits per heavy atom. The SMILES string of the molecule is Nc1cc(C(=O)N2CCCCC2)c([N+](=O)[O-])cc1F. The normalized spacial score (nSPS) is 15.3. The van der Waals surface area contributed by atoms with Crippen LogP contribution in [-0.2, 0) is 0 Å². The van der Waals surface area contributed by atoms with Gasteiger partial charge in [0.15, 0.2) is 5.82 Å². The molecule has 0 atom stereocenters. The van der Waals surface area contributed by atoms with Crippen LogP contribution in [0.2, 0.25) is 0 Å². The molecule has 0 aromatic heterocycles. The number of likely N-dealkylation sites (tertiary alicyclic amines) is 1. The summed E-state index contributed by atoms with van der Waals surface area (Å²) in [5.74, 6) is -1.35. The standard InChI is InChI=1S/C12H14FN3O3/c13-9-7-11(16(18)19)8(6-10(9)14)12(17)15-4-2-1-3-5-15/h6-7H,1-5,14H2. The van der Waals surface area contributed by atoms with E-state index in [-0.39, 0.29) is 11.3 Å². The van der Waals surface area contributed by atoms with Crippen molar-refractivity contribution in [1.82, 2.24) is 4.90 Å². The van der Waals surface area contributed by atoms with E-state index in [0.29, 0.717) is 19.2 Å². The van der Waals surface area contributed by atoms with E-state index in [2.05, 4.69) is 0 Å². The molecular formula is C12H14FN3O3. The van der Waals surface area contributed by atoms with E-state index in [4.69, 9.17) is 5.73 Å². The van der Waals surface area contributed by atoms with Crippen LogP contribution in [0.4, 0.5) is 15.8 Å². The summed E-state index contributed by atoms with van der Waals surface area (Å²) in [6.07, 6.45) is 2.78. The van der Waals surface area contributed by atoms with Gasteiger partial charge in [-0.25, -0.2) is 4.39 Å². The summed E-state index contributed by atoms with van der Waals surface area (Å²) >= 11 is 0. The molecular weight excluding hydrogens is 253 g/mol. The molecule has 0 bridgehead atoms.